The topological polar surface area (TPSA) is 71.3 Å². The number of hydrogen-bond acceptors (Lipinski definition) is 4. The third-order valence-electron chi connectivity index (χ3n) is 5.46. The van der Waals surface area contributed by atoms with E-state index in [9.17, 15) is 10.1 Å². The molecule has 196 valence electrons. The van der Waals surface area contributed by atoms with Gasteiger partial charge < -0.3 is 14.8 Å². The van der Waals surface area contributed by atoms with E-state index in [1.54, 1.807) is 60.7 Å². The molecular weight excluding hydrogens is 623 g/mol. The molecule has 0 aliphatic rings. The van der Waals surface area contributed by atoms with Gasteiger partial charge in [-0.1, -0.05) is 75.0 Å². The van der Waals surface area contributed by atoms with Gasteiger partial charge in [0.05, 0.1) is 5.02 Å². The van der Waals surface area contributed by atoms with Gasteiger partial charge in [-0.2, -0.15) is 5.26 Å². The van der Waals surface area contributed by atoms with Crippen molar-refractivity contribution in [1.82, 2.24) is 0 Å². The number of amides is 1. The SMILES string of the molecule is N#C/C(=C\c1ccc(OCc2ccc(Cl)cc2Cl)c(Cl)c1)C(=O)Nc1ccc(OCc2ccc(Br)cc2)cc1. The number of carbonyl (C=O) groups excluding carboxylic acids is 1. The van der Waals surface area contributed by atoms with Crippen LogP contribution in [0.2, 0.25) is 15.1 Å². The van der Waals surface area contributed by atoms with Crippen molar-refractivity contribution in [3.05, 3.63) is 127 Å². The molecule has 4 rings (SSSR count). The molecule has 0 spiro atoms. The number of carbonyl (C=O) groups is 1. The van der Waals surface area contributed by atoms with Gasteiger partial charge in [-0.3, -0.25) is 4.79 Å². The zero-order valence-electron chi connectivity index (χ0n) is 20.3. The number of ether oxygens (including phenoxy) is 2. The zero-order valence-corrected chi connectivity index (χ0v) is 24.1. The normalized spacial score (nSPS) is 11.0. The molecule has 0 aromatic heterocycles. The second-order valence-corrected chi connectivity index (χ2v) is 10.4. The quantitative estimate of drug-likeness (QED) is 0.146. The first-order valence-corrected chi connectivity index (χ1v) is 13.5. The molecule has 0 aliphatic carbocycles. The minimum Gasteiger partial charge on any atom is -0.489 e. The van der Waals surface area contributed by atoms with Gasteiger partial charge in [0.15, 0.2) is 0 Å². The Morgan fingerprint density at radius 3 is 2.28 bits per heavy atom. The smallest absolute Gasteiger partial charge is 0.266 e. The molecule has 0 aliphatic heterocycles. The van der Waals surface area contributed by atoms with Gasteiger partial charge in [0, 0.05) is 25.8 Å². The summed E-state index contributed by atoms with van der Waals surface area (Å²) in [4.78, 5) is 12.7. The first-order chi connectivity index (χ1) is 18.8. The Kier molecular flexibility index (Phi) is 9.91. The van der Waals surface area contributed by atoms with Gasteiger partial charge in [0.25, 0.3) is 5.91 Å². The summed E-state index contributed by atoms with van der Waals surface area (Å²) in [6, 6.07) is 26.8. The maximum absolute atomic E-state index is 12.7. The van der Waals surface area contributed by atoms with Gasteiger partial charge in [-0.25, -0.2) is 0 Å². The van der Waals surface area contributed by atoms with E-state index in [0.29, 0.717) is 44.4 Å². The zero-order chi connectivity index (χ0) is 27.8. The van der Waals surface area contributed by atoms with Crippen molar-refractivity contribution in [2.45, 2.75) is 13.2 Å². The van der Waals surface area contributed by atoms with Crippen LogP contribution in [0.1, 0.15) is 16.7 Å². The molecule has 5 nitrogen and oxygen atoms in total. The second kappa shape index (κ2) is 13.5. The van der Waals surface area contributed by atoms with Crippen LogP contribution in [-0.4, -0.2) is 5.91 Å². The number of nitrogens with zero attached hydrogens (tertiary/aromatic N) is 1. The van der Waals surface area contributed by atoms with Gasteiger partial charge in [-0.15, -0.1) is 0 Å². The van der Waals surface area contributed by atoms with Gasteiger partial charge in [0.2, 0.25) is 0 Å². The molecule has 9 heteroatoms. The average Bonchev–Trinajstić information content (AvgIpc) is 2.92. The van der Waals surface area contributed by atoms with E-state index >= 15 is 0 Å². The Morgan fingerprint density at radius 1 is 0.872 bits per heavy atom. The number of nitrogens with one attached hydrogen (secondary N) is 1. The van der Waals surface area contributed by atoms with Crippen molar-refractivity contribution in [2.24, 2.45) is 0 Å². The number of nitriles is 1. The van der Waals surface area contributed by atoms with Crippen molar-refractivity contribution in [1.29, 1.82) is 5.26 Å². The summed E-state index contributed by atoms with van der Waals surface area (Å²) in [6.07, 6.45) is 1.46. The lowest BCUT2D eigenvalue weighted by Gasteiger charge is -2.10. The highest BCUT2D eigenvalue weighted by Crippen LogP contribution is 2.29. The van der Waals surface area contributed by atoms with E-state index in [2.05, 4.69) is 21.2 Å². The number of benzene rings is 4. The van der Waals surface area contributed by atoms with Gasteiger partial charge in [0.1, 0.15) is 36.4 Å². The van der Waals surface area contributed by atoms with E-state index in [1.165, 1.54) is 6.08 Å². The number of halogens is 4. The highest BCUT2D eigenvalue weighted by Gasteiger charge is 2.11. The molecule has 0 fully saturated rings. The van der Waals surface area contributed by atoms with Crippen molar-refractivity contribution in [2.75, 3.05) is 5.32 Å². The van der Waals surface area contributed by atoms with Crippen LogP contribution in [0.5, 0.6) is 11.5 Å². The predicted molar refractivity (Wildman–Crippen MR) is 159 cm³/mol. The molecule has 4 aromatic rings. The lowest BCUT2D eigenvalue weighted by Crippen LogP contribution is -2.13. The van der Waals surface area contributed by atoms with Crippen LogP contribution in [0.15, 0.2) is 95.0 Å². The highest BCUT2D eigenvalue weighted by atomic mass is 79.9. The third kappa shape index (κ3) is 8.26. The van der Waals surface area contributed by atoms with E-state index in [0.717, 1.165) is 15.6 Å². The van der Waals surface area contributed by atoms with Crippen molar-refractivity contribution < 1.29 is 14.3 Å². The average molecular weight is 643 g/mol. The summed E-state index contributed by atoms with van der Waals surface area (Å²) in [7, 11) is 0. The van der Waals surface area contributed by atoms with Crippen molar-refractivity contribution in [3.8, 4) is 17.6 Å². The minimum atomic E-state index is -0.546. The van der Waals surface area contributed by atoms with Crippen LogP contribution in [0, 0.1) is 11.3 Å². The molecule has 4 aromatic carbocycles. The molecule has 0 unspecified atom stereocenters. The van der Waals surface area contributed by atoms with E-state index in [4.69, 9.17) is 44.3 Å². The number of rotatable bonds is 9. The predicted octanol–water partition coefficient (Wildman–Crippen LogP) is 9.11. The molecular formula is C30H20BrCl3N2O3. The molecule has 0 heterocycles. The molecule has 0 atom stereocenters. The molecule has 39 heavy (non-hydrogen) atoms. The van der Waals surface area contributed by atoms with E-state index < -0.39 is 5.91 Å². The fraction of sp³-hybridized carbons (Fsp3) is 0.0667. The summed E-state index contributed by atoms with van der Waals surface area (Å²) >= 11 is 21.9. The van der Waals surface area contributed by atoms with E-state index in [-0.39, 0.29) is 12.2 Å². The van der Waals surface area contributed by atoms with Crippen LogP contribution in [0.4, 0.5) is 5.69 Å². The first kappa shape index (κ1) is 28.5. The van der Waals surface area contributed by atoms with Crippen LogP contribution >= 0.6 is 50.7 Å². The molecule has 1 N–H and O–H groups in total. The van der Waals surface area contributed by atoms with Crippen LogP contribution < -0.4 is 14.8 Å². The second-order valence-electron chi connectivity index (χ2n) is 8.28. The maximum Gasteiger partial charge on any atom is 0.266 e. The number of hydrogen-bond donors (Lipinski definition) is 1. The lowest BCUT2D eigenvalue weighted by molar-refractivity contribution is -0.112. The Morgan fingerprint density at radius 2 is 1.62 bits per heavy atom. The summed E-state index contributed by atoms with van der Waals surface area (Å²) in [5.74, 6) is 0.544. The summed E-state index contributed by atoms with van der Waals surface area (Å²) in [5, 5.41) is 13.6. The molecule has 0 saturated carbocycles. The van der Waals surface area contributed by atoms with Crippen LogP contribution in [0.25, 0.3) is 6.08 Å². The van der Waals surface area contributed by atoms with E-state index in [1.807, 2.05) is 30.3 Å². The standard InChI is InChI=1S/C30H20BrCl3N2O3/c31-23-5-1-19(2-6-23)17-38-26-10-8-25(9-11-26)36-30(37)22(16-35)13-20-3-12-29(28(34)14-20)39-18-21-4-7-24(32)15-27(21)33/h1-15H,17-18H2,(H,36,37)/b22-13+. The van der Waals surface area contributed by atoms with Gasteiger partial charge >= 0.3 is 0 Å². The maximum atomic E-state index is 12.7. The fourth-order valence-electron chi connectivity index (χ4n) is 3.41. The molecule has 1 amide bonds. The summed E-state index contributed by atoms with van der Waals surface area (Å²) < 4.78 is 12.6. The van der Waals surface area contributed by atoms with Crippen molar-refractivity contribution in [3.63, 3.8) is 0 Å². The largest absolute Gasteiger partial charge is 0.489 e. The Labute approximate surface area is 249 Å². The van der Waals surface area contributed by atoms with Crippen LogP contribution in [0.3, 0.4) is 0 Å². The molecule has 0 saturated heterocycles. The summed E-state index contributed by atoms with van der Waals surface area (Å²) in [5.41, 5.74) is 2.81. The van der Waals surface area contributed by atoms with Crippen LogP contribution in [-0.2, 0) is 18.0 Å². The van der Waals surface area contributed by atoms with Crippen molar-refractivity contribution >= 4 is 68.4 Å². The molecule has 0 bridgehead atoms. The lowest BCUT2D eigenvalue weighted by atomic mass is 10.1. The molecule has 0 radical (unpaired) electrons. The highest BCUT2D eigenvalue weighted by molar-refractivity contribution is 9.10. The first-order valence-electron chi connectivity index (χ1n) is 11.6. The summed E-state index contributed by atoms with van der Waals surface area (Å²) in [6.45, 7) is 0.617. The Bertz CT molecular complexity index is 1550. The fourth-order valence-corrected chi connectivity index (χ4v) is 4.38. The monoisotopic (exact) mass is 640 g/mol. The van der Waals surface area contributed by atoms with Gasteiger partial charge in [-0.05, 0) is 77.9 Å². The Balaban J connectivity index is 1.35. The Hall–Kier alpha value is -3.47. The number of anilines is 1. The third-order valence-corrected chi connectivity index (χ3v) is 6.87. The minimum absolute atomic E-state index is 0.0803.